The summed E-state index contributed by atoms with van der Waals surface area (Å²) in [5.41, 5.74) is 1.14. The molecule has 0 saturated heterocycles. The van der Waals surface area contributed by atoms with Crippen LogP contribution in [-0.2, 0) is 0 Å². The quantitative estimate of drug-likeness (QED) is 0.520. The number of hydrogen-bond donors (Lipinski definition) is 0. The van der Waals surface area contributed by atoms with E-state index >= 15 is 0 Å². The molecule has 0 unspecified atom stereocenters. The van der Waals surface area contributed by atoms with E-state index in [4.69, 9.17) is 4.74 Å². The van der Waals surface area contributed by atoms with Crippen LogP contribution in [0.3, 0.4) is 0 Å². The van der Waals surface area contributed by atoms with Crippen molar-refractivity contribution in [2.45, 2.75) is 13.8 Å². The Morgan fingerprint density at radius 2 is 1.79 bits per heavy atom. The molecule has 0 atom stereocenters. The summed E-state index contributed by atoms with van der Waals surface area (Å²) < 4.78 is 7.66. The van der Waals surface area contributed by atoms with Gasteiger partial charge in [0.25, 0.3) is 0 Å². The van der Waals surface area contributed by atoms with Gasteiger partial charge < -0.3 is 9.64 Å². The van der Waals surface area contributed by atoms with Crippen LogP contribution in [0.1, 0.15) is 13.8 Å². The summed E-state index contributed by atoms with van der Waals surface area (Å²) in [5.74, 6) is 0.609. The molecular formula is C19H18BrNO2S. The van der Waals surface area contributed by atoms with Crippen molar-refractivity contribution in [3.8, 4) is 16.2 Å². The molecule has 3 nitrogen and oxygen atoms in total. The normalized spacial score (nSPS) is 10.8. The Balaban J connectivity index is 2.03. The van der Waals surface area contributed by atoms with Gasteiger partial charge in [-0.1, -0.05) is 42.5 Å². The predicted octanol–water partition coefficient (Wildman–Crippen LogP) is 6.17. The number of fused-ring (bicyclic) bond motifs is 1. The van der Waals surface area contributed by atoms with E-state index in [1.165, 1.54) is 0 Å². The number of halogens is 1. The van der Waals surface area contributed by atoms with Gasteiger partial charge in [0, 0.05) is 27.8 Å². The maximum atomic E-state index is 12.3. The summed E-state index contributed by atoms with van der Waals surface area (Å²) in [4.78, 5) is 15.1. The lowest BCUT2D eigenvalue weighted by molar-refractivity contribution is 0.158. The number of ether oxygens (including phenoxy) is 1. The van der Waals surface area contributed by atoms with Gasteiger partial charge in [-0.25, -0.2) is 4.79 Å². The van der Waals surface area contributed by atoms with Crippen LogP contribution in [0.25, 0.3) is 20.5 Å². The largest absolute Gasteiger partial charge is 0.415 e. The van der Waals surface area contributed by atoms with Gasteiger partial charge in [0.1, 0.15) is 0 Å². The first-order valence-corrected chi connectivity index (χ1v) is 9.49. The summed E-state index contributed by atoms with van der Waals surface area (Å²) in [7, 11) is 0. The smallest absolute Gasteiger partial charge is 0.409 e. The fraction of sp³-hybridized carbons (Fsp3) is 0.211. The Labute approximate surface area is 154 Å². The van der Waals surface area contributed by atoms with Gasteiger partial charge in [0.05, 0.1) is 4.70 Å². The molecule has 1 aromatic heterocycles. The third-order valence-corrected chi connectivity index (χ3v) is 6.23. The van der Waals surface area contributed by atoms with Gasteiger partial charge in [0.15, 0.2) is 5.75 Å². The standard InChI is InChI=1S/C19H18BrNO2S/c1-3-21(4-2)19(22)23-15-12-8-11-14-16(20)17(24-18(14)15)13-9-6-5-7-10-13/h5-12H,3-4H2,1-2H3. The first-order valence-electron chi connectivity index (χ1n) is 7.88. The van der Waals surface area contributed by atoms with Gasteiger partial charge in [-0.15, -0.1) is 11.3 Å². The molecule has 1 heterocycles. The molecule has 0 N–H and O–H groups in total. The Kier molecular flexibility index (Phi) is 5.21. The fourth-order valence-electron chi connectivity index (χ4n) is 2.56. The van der Waals surface area contributed by atoms with Crippen LogP contribution in [0.4, 0.5) is 4.79 Å². The second-order valence-corrected chi connectivity index (χ2v) is 7.10. The van der Waals surface area contributed by atoms with Gasteiger partial charge in [-0.05, 0) is 41.4 Å². The topological polar surface area (TPSA) is 29.5 Å². The lowest BCUT2D eigenvalue weighted by Gasteiger charge is -2.18. The Morgan fingerprint density at radius 1 is 1.08 bits per heavy atom. The van der Waals surface area contributed by atoms with Gasteiger partial charge >= 0.3 is 6.09 Å². The third-order valence-electron chi connectivity index (χ3n) is 3.87. The molecular weight excluding hydrogens is 386 g/mol. The Hall–Kier alpha value is -1.85. The van der Waals surface area contributed by atoms with E-state index in [9.17, 15) is 4.79 Å². The molecule has 124 valence electrons. The molecule has 0 fully saturated rings. The van der Waals surface area contributed by atoms with E-state index in [1.54, 1.807) is 16.2 Å². The number of carbonyl (C=O) groups is 1. The number of amides is 1. The summed E-state index contributed by atoms with van der Waals surface area (Å²) in [6, 6.07) is 16.0. The highest BCUT2D eigenvalue weighted by atomic mass is 79.9. The molecule has 0 spiro atoms. The van der Waals surface area contributed by atoms with Crippen LogP contribution in [0, 0.1) is 0 Å². The fourth-order valence-corrected chi connectivity index (χ4v) is 4.64. The average molecular weight is 404 g/mol. The zero-order valence-corrected chi connectivity index (χ0v) is 16.0. The lowest BCUT2D eigenvalue weighted by atomic mass is 10.1. The van der Waals surface area contributed by atoms with Crippen molar-refractivity contribution < 1.29 is 9.53 Å². The molecule has 2 aromatic carbocycles. The van der Waals surface area contributed by atoms with Crippen molar-refractivity contribution in [3.05, 3.63) is 53.0 Å². The SMILES string of the molecule is CCN(CC)C(=O)Oc1cccc2c(Br)c(-c3ccccc3)sc12. The van der Waals surface area contributed by atoms with E-state index in [0.717, 1.165) is 25.0 Å². The highest BCUT2D eigenvalue weighted by Gasteiger charge is 2.18. The van der Waals surface area contributed by atoms with Gasteiger partial charge in [-0.2, -0.15) is 0 Å². The molecule has 0 aliphatic rings. The maximum Gasteiger partial charge on any atom is 0.415 e. The molecule has 0 aliphatic heterocycles. The van der Waals surface area contributed by atoms with Crippen LogP contribution in [0.2, 0.25) is 0 Å². The van der Waals surface area contributed by atoms with E-state index in [2.05, 4.69) is 28.1 Å². The highest BCUT2D eigenvalue weighted by Crippen LogP contribution is 2.45. The molecule has 0 bridgehead atoms. The minimum atomic E-state index is -0.307. The molecule has 3 rings (SSSR count). The molecule has 0 radical (unpaired) electrons. The minimum absolute atomic E-state index is 0.307. The Bertz CT molecular complexity index is 856. The first-order chi connectivity index (χ1) is 11.7. The molecule has 3 aromatic rings. The minimum Gasteiger partial charge on any atom is -0.409 e. The zero-order chi connectivity index (χ0) is 17.1. The average Bonchev–Trinajstić information content (AvgIpc) is 2.95. The number of nitrogens with zero attached hydrogens (tertiary/aromatic N) is 1. The number of benzene rings is 2. The Morgan fingerprint density at radius 3 is 2.46 bits per heavy atom. The molecule has 24 heavy (non-hydrogen) atoms. The second-order valence-electron chi connectivity index (χ2n) is 5.28. The van der Waals surface area contributed by atoms with Crippen LogP contribution >= 0.6 is 27.3 Å². The second kappa shape index (κ2) is 7.36. The summed E-state index contributed by atoms with van der Waals surface area (Å²) in [6.45, 7) is 5.16. The number of hydrogen-bond acceptors (Lipinski definition) is 3. The number of thiophene rings is 1. The van der Waals surface area contributed by atoms with Crippen molar-refractivity contribution in [1.82, 2.24) is 4.90 Å². The molecule has 1 amide bonds. The van der Waals surface area contributed by atoms with Crippen LogP contribution in [0.15, 0.2) is 53.0 Å². The van der Waals surface area contributed by atoms with Crippen molar-refractivity contribution in [1.29, 1.82) is 0 Å². The van der Waals surface area contributed by atoms with Crippen molar-refractivity contribution in [2.24, 2.45) is 0 Å². The predicted molar refractivity (Wildman–Crippen MR) is 104 cm³/mol. The van der Waals surface area contributed by atoms with Crippen LogP contribution < -0.4 is 4.74 Å². The van der Waals surface area contributed by atoms with Crippen molar-refractivity contribution in [3.63, 3.8) is 0 Å². The third kappa shape index (κ3) is 3.19. The highest BCUT2D eigenvalue weighted by molar-refractivity contribution is 9.10. The maximum absolute atomic E-state index is 12.3. The first kappa shape index (κ1) is 17.0. The van der Waals surface area contributed by atoms with Gasteiger partial charge in [-0.3, -0.25) is 0 Å². The molecule has 0 saturated carbocycles. The summed E-state index contributed by atoms with van der Waals surface area (Å²) >= 11 is 5.33. The monoisotopic (exact) mass is 403 g/mol. The van der Waals surface area contributed by atoms with E-state index < -0.39 is 0 Å². The van der Waals surface area contributed by atoms with E-state index in [-0.39, 0.29) is 6.09 Å². The van der Waals surface area contributed by atoms with E-state index in [1.807, 2.05) is 50.2 Å². The van der Waals surface area contributed by atoms with Gasteiger partial charge in [0.2, 0.25) is 0 Å². The van der Waals surface area contributed by atoms with E-state index in [0.29, 0.717) is 18.8 Å². The van der Waals surface area contributed by atoms with Crippen molar-refractivity contribution >= 4 is 43.4 Å². The molecule has 5 heteroatoms. The lowest BCUT2D eigenvalue weighted by Crippen LogP contribution is -2.33. The number of rotatable bonds is 4. The summed E-state index contributed by atoms with van der Waals surface area (Å²) in [5, 5.41) is 1.06. The van der Waals surface area contributed by atoms with Crippen molar-refractivity contribution in [2.75, 3.05) is 13.1 Å². The zero-order valence-electron chi connectivity index (χ0n) is 13.6. The molecule has 0 aliphatic carbocycles. The van der Waals surface area contributed by atoms with Crippen LogP contribution in [0.5, 0.6) is 5.75 Å². The summed E-state index contributed by atoms with van der Waals surface area (Å²) in [6.07, 6.45) is -0.307. The van der Waals surface area contributed by atoms with Crippen LogP contribution in [-0.4, -0.2) is 24.1 Å². The number of carbonyl (C=O) groups excluding carboxylic acids is 1.